The maximum absolute atomic E-state index is 11.6. The van der Waals surface area contributed by atoms with E-state index in [1.54, 1.807) is 0 Å². The van der Waals surface area contributed by atoms with E-state index in [4.69, 9.17) is 42.6 Å². The van der Waals surface area contributed by atoms with Gasteiger partial charge in [0.25, 0.3) is 0 Å². The van der Waals surface area contributed by atoms with Gasteiger partial charge in [0.2, 0.25) is 0 Å². The highest BCUT2D eigenvalue weighted by molar-refractivity contribution is 4.78. The van der Waals surface area contributed by atoms with E-state index in [-0.39, 0.29) is 92.5 Å². The van der Waals surface area contributed by atoms with E-state index in [9.17, 15) is 30.6 Å². The van der Waals surface area contributed by atoms with Gasteiger partial charge in [0.05, 0.1) is 210 Å². The lowest BCUT2D eigenvalue weighted by Gasteiger charge is -2.35. The summed E-state index contributed by atoms with van der Waals surface area (Å²) >= 11 is 0. The van der Waals surface area contributed by atoms with Crippen molar-refractivity contribution in [2.24, 2.45) is 0 Å². The van der Waals surface area contributed by atoms with Gasteiger partial charge in [0.1, 0.15) is 100 Å². The highest BCUT2D eigenvalue weighted by Gasteiger charge is 2.39. The van der Waals surface area contributed by atoms with Crippen LogP contribution in [0.1, 0.15) is 77.0 Å². The Balaban J connectivity index is 1.14. The van der Waals surface area contributed by atoms with E-state index in [1.165, 1.54) is 0 Å². The number of hydrogen-bond donors (Lipinski definition) is 6. The number of nitrogens with zero attached hydrogens (tertiary/aromatic N) is 6. The second-order valence-electron chi connectivity index (χ2n) is 29.3. The molecule has 21 nitrogen and oxygen atoms in total. The zero-order valence-corrected chi connectivity index (χ0v) is 57.9. The molecule has 6 N–H and O–H groups in total. The molecule has 6 aliphatic heterocycles. The summed E-state index contributed by atoms with van der Waals surface area (Å²) in [6.07, 6.45) is 18.2. The first-order valence-electron chi connectivity index (χ1n) is 36.2. The Morgan fingerprint density at radius 1 is 0.226 bits per heavy atom. The van der Waals surface area contributed by atoms with Gasteiger partial charge in [-0.25, -0.2) is 0 Å². The molecule has 6 heterocycles. The first-order chi connectivity index (χ1) is 45.0. The van der Waals surface area contributed by atoms with E-state index in [0.29, 0.717) is 39.3 Å². The minimum Gasteiger partial charge on any atom is -0.385 e. The third kappa shape index (κ3) is 28.4. The van der Waals surface area contributed by atoms with Gasteiger partial charge in [-0.3, -0.25) is 0 Å². The predicted octanol–water partition coefficient (Wildman–Crippen LogP) is 3.56. The molecule has 21 heteroatoms. The molecular weight excluding hydrogens is 1190 g/mol. The molecule has 0 aromatic rings. The Bertz CT molecular complexity index is 1940. The SMILES string of the molecule is C=CC[N+]1(CC(O)COCC(COCC(COCC(COCC(COCC(O)C[N+]2(CC=C)CCCC2)OCC(O)C[N+]2(CC=C)CCCC2)OCC(O)C[N+]2(CC=C)CCCC2)OCC(O)C[N+]2(CC=C)CCCC2)OCC(O)C[N+]2(CC=C)CCCC2)CCCC1. The van der Waals surface area contributed by atoms with Crippen molar-refractivity contribution < 1.29 is 100 Å². The van der Waals surface area contributed by atoms with Crippen LogP contribution in [-0.2, 0) is 42.6 Å². The van der Waals surface area contributed by atoms with Crippen LogP contribution in [0.15, 0.2) is 75.9 Å². The fraction of sp³-hybridized carbons (Fsp3) is 0.833. The molecule has 0 saturated carbocycles. The minimum atomic E-state index is -0.758. The number of hydrogen-bond acceptors (Lipinski definition) is 15. The quantitative estimate of drug-likeness (QED) is 0.0381. The average Bonchev–Trinajstić information content (AvgIpc) is 1.99. The van der Waals surface area contributed by atoms with Crippen molar-refractivity contribution in [1.82, 2.24) is 0 Å². The van der Waals surface area contributed by atoms with Crippen LogP contribution >= 0.6 is 0 Å². The second kappa shape index (κ2) is 42.5. The molecule has 6 fully saturated rings. The summed E-state index contributed by atoms with van der Waals surface area (Å²) in [6.45, 7) is 45.3. The van der Waals surface area contributed by atoms with Crippen LogP contribution in [0.2, 0.25) is 0 Å². The number of rotatable bonds is 56. The summed E-state index contributed by atoms with van der Waals surface area (Å²) in [4.78, 5) is 0. The van der Waals surface area contributed by atoms with E-state index < -0.39 is 61.0 Å². The van der Waals surface area contributed by atoms with E-state index >= 15 is 0 Å². The molecule has 0 amide bonds. The van der Waals surface area contributed by atoms with Gasteiger partial charge in [-0.1, -0.05) is 39.5 Å². The zero-order chi connectivity index (χ0) is 66.7. The van der Waals surface area contributed by atoms with Crippen LogP contribution in [-0.4, -0.2) is 368 Å². The first-order valence-corrected chi connectivity index (χ1v) is 36.2. The average molecular weight is 1320 g/mol. The molecule has 0 radical (unpaired) electrons. The van der Waals surface area contributed by atoms with Crippen LogP contribution in [0.4, 0.5) is 0 Å². The summed E-state index contributed by atoms with van der Waals surface area (Å²) in [6, 6.07) is 0. The summed E-state index contributed by atoms with van der Waals surface area (Å²) in [7, 11) is 0. The standard InChI is InChI=1S/C72H134N6O15/c1-7-25-73(31-13-14-32-73)43-63(79)49-85-55-69(90-51-65(81)45-75(27-9-3)35-17-18-36-75)57-87-59-71(92-53-67(83)47-77(29-11-5)39-21-22-40-77)61-89-62-72(93-54-68(84)48-78(30-12-6)41-23-24-42-78)60-88-58-70(91-52-66(82)46-76(28-10-4)37-19-20-38-76)56-86-50-64(80)44-74(26-8-2)33-15-16-34-74/h7-12,63-72,79-84H,1-6,13-62H2/q+6. The third-order valence-corrected chi connectivity index (χ3v) is 20.9. The van der Waals surface area contributed by atoms with E-state index in [1.807, 2.05) is 36.5 Å². The Labute approximate surface area is 561 Å². The van der Waals surface area contributed by atoms with Crippen LogP contribution in [0.3, 0.4) is 0 Å². The molecule has 6 rings (SSSR count). The number of aliphatic hydroxyl groups excluding tert-OH is 6. The van der Waals surface area contributed by atoms with Crippen LogP contribution in [0, 0.1) is 0 Å². The molecule has 6 aliphatic rings. The lowest BCUT2D eigenvalue weighted by Crippen LogP contribution is -2.51. The Morgan fingerprint density at radius 3 is 0.516 bits per heavy atom. The molecular formula is C72H134N6O15+6. The smallest absolute Gasteiger partial charge is 0.126 e. The molecule has 0 bridgehead atoms. The maximum Gasteiger partial charge on any atom is 0.126 e. The number of likely N-dealkylation sites (tertiary alicyclic amines) is 6. The van der Waals surface area contributed by atoms with Crippen molar-refractivity contribution in [2.45, 2.75) is 138 Å². The van der Waals surface area contributed by atoms with Gasteiger partial charge in [0, 0.05) is 77.0 Å². The zero-order valence-electron chi connectivity index (χ0n) is 57.9. The molecule has 0 spiro atoms. The summed E-state index contributed by atoms with van der Waals surface area (Å²) < 4.78 is 62.6. The lowest BCUT2D eigenvalue weighted by atomic mass is 10.2. The first kappa shape index (κ1) is 79.6. The second-order valence-corrected chi connectivity index (χ2v) is 29.3. The molecule has 10 unspecified atom stereocenters. The molecule has 0 aromatic heterocycles. The van der Waals surface area contributed by atoms with Crippen LogP contribution in [0.25, 0.3) is 0 Å². The molecule has 0 aliphatic carbocycles. The van der Waals surface area contributed by atoms with Gasteiger partial charge < -0.3 is 100 Å². The highest BCUT2D eigenvalue weighted by Crippen LogP contribution is 2.26. The van der Waals surface area contributed by atoms with Crippen molar-refractivity contribution >= 4 is 0 Å². The van der Waals surface area contributed by atoms with Gasteiger partial charge in [-0.05, 0) is 36.5 Å². The molecule has 6 saturated heterocycles. The topological polar surface area (TPSA) is 204 Å². The van der Waals surface area contributed by atoms with Gasteiger partial charge in [-0.15, -0.1) is 0 Å². The predicted molar refractivity (Wildman–Crippen MR) is 364 cm³/mol. The number of ether oxygens (including phenoxy) is 9. The number of quaternary nitrogens is 6. The number of aliphatic hydroxyl groups is 6. The Kier molecular flexibility index (Phi) is 36.4. The molecule has 10 atom stereocenters. The summed E-state index contributed by atoms with van der Waals surface area (Å²) in [5.74, 6) is 0. The van der Waals surface area contributed by atoms with Crippen molar-refractivity contribution in [3.05, 3.63) is 75.9 Å². The third-order valence-electron chi connectivity index (χ3n) is 20.9. The van der Waals surface area contributed by atoms with Crippen molar-refractivity contribution in [1.29, 1.82) is 0 Å². The van der Waals surface area contributed by atoms with Crippen molar-refractivity contribution in [2.75, 3.05) is 250 Å². The van der Waals surface area contributed by atoms with Gasteiger partial charge in [-0.2, -0.15) is 0 Å². The summed E-state index contributed by atoms with van der Waals surface area (Å²) in [5, 5.41) is 68.7. The van der Waals surface area contributed by atoms with Gasteiger partial charge in [0.15, 0.2) is 0 Å². The van der Waals surface area contributed by atoms with E-state index in [0.717, 1.165) is 222 Å². The van der Waals surface area contributed by atoms with Crippen LogP contribution in [0.5, 0.6) is 0 Å². The van der Waals surface area contributed by atoms with Crippen molar-refractivity contribution in [3.63, 3.8) is 0 Å². The maximum atomic E-state index is 11.6. The molecule has 0 aromatic carbocycles. The fourth-order valence-corrected chi connectivity index (χ4v) is 16.5. The summed E-state index contributed by atoms with van der Waals surface area (Å²) in [5.41, 5.74) is 0. The minimum absolute atomic E-state index is 0.0520. The normalized spacial score (nSPS) is 23.5. The lowest BCUT2D eigenvalue weighted by molar-refractivity contribution is -0.914. The van der Waals surface area contributed by atoms with Gasteiger partial charge >= 0.3 is 0 Å². The van der Waals surface area contributed by atoms with E-state index in [2.05, 4.69) is 39.5 Å². The molecule has 93 heavy (non-hydrogen) atoms. The Morgan fingerprint density at radius 2 is 0.366 bits per heavy atom. The highest BCUT2D eigenvalue weighted by atomic mass is 16.6. The largest absolute Gasteiger partial charge is 0.385 e. The fourth-order valence-electron chi connectivity index (χ4n) is 16.5. The van der Waals surface area contributed by atoms with Crippen LogP contribution < -0.4 is 0 Å². The van der Waals surface area contributed by atoms with Crippen molar-refractivity contribution in [3.8, 4) is 0 Å². The Hall–Kier alpha value is -2.40. The monoisotopic (exact) mass is 1320 g/mol. The molecule has 536 valence electrons.